The molecule has 0 saturated heterocycles. The molecule has 3 heteroatoms. The minimum absolute atomic E-state index is 0.454. The van der Waals surface area contributed by atoms with Gasteiger partial charge in [-0.15, -0.1) is 6.42 Å². The fourth-order valence-electron chi connectivity index (χ4n) is 2.15. The summed E-state index contributed by atoms with van der Waals surface area (Å²) >= 11 is 0. The molecule has 0 spiro atoms. The number of aromatic nitrogens is 2. The summed E-state index contributed by atoms with van der Waals surface area (Å²) in [5.41, 5.74) is 10.4. The van der Waals surface area contributed by atoms with Crippen LogP contribution in [0.25, 0.3) is 11.3 Å². The van der Waals surface area contributed by atoms with E-state index in [1.54, 1.807) is 0 Å². The number of terminal acetylenes is 1. The fourth-order valence-corrected chi connectivity index (χ4v) is 2.15. The van der Waals surface area contributed by atoms with Gasteiger partial charge in [0, 0.05) is 5.56 Å². The molecular weight excluding hydrogens is 222 g/mol. The minimum Gasteiger partial charge on any atom is -0.383 e. The third-order valence-electron chi connectivity index (χ3n) is 3.08. The Balaban J connectivity index is 2.58. The molecule has 1 aromatic heterocycles. The zero-order valence-electron chi connectivity index (χ0n) is 11.0. The molecule has 18 heavy (non-hydrogen) atoms. The van der Waals surface area contributed by atoms with E-state index in [2.05, 4.69) is 43.0 Å². The molecule has 0 aliphatic heterocycles. The second-order valence-corrected chi connectivity index (χ2v) is 4.50. The summed E-state index contributed by atoms with van der Waals surface area (Å²) in [5.74, 6) is 4.08. The molecule has 92 valence electrons. The zero-order chi connectivity index (χ0) is 13.3. The summed E-state index contributed by atoms with van der Waals surface area (Å²) in [6.45, 7) is 6.51. The van der Waals surface area contributed by atoms with Crippen LogP contribution in [-0.2, 0) is 6.54 Å². The van der Waals surface area contributed by atoms with Crippen molar-refractivity contribution in [2.45, 2.75) is 27.3 Å². The van der Waals surface area contributed by atoms with Crippen LogP contribution in [0.2, 0.25) is 0 Å². The number of nitrogens with two attached hydrogens (primary N) is 1. The highest BCUT2D eigenvalue weighted by Gasteiger charge is 2.14. The Bertz CT molecular complexity index is 630. The topological polar surface area (TPSA) is 43.8 Å². The highest BCUT2D eigenvalue weighted by Crippen LogP contribution is 2.29. The van der Waals surface area contributed by atoms with Crippen molar-refractivity contribution in [1.82, 2.24) is 9.55 Å². The first kappa shape index (κ1) is 12.3. The molecule has 2 aromatic rings. The maximum absolute atomic E-state index is 6.13. The van der Waals surface area contributed by atoms with Crippen LogP contribution in [0.15, 0.2) is 18.2 Å². The number of nitrogen functional groups attached to an aromatic ring is 1. The van der Waals surface area contributed by atoms with E-state index in [1.807, 2.05) is 11.5 Å². The number of imidazole rings is 1. The highest BCUT2D eigenvalue weighted by atomic mass is 15.1. The van der Waals surface area contributed by atoms with E-state index in [-0.39, 0.29) is 0 Å². The van der Waals surface area contributed by atoms with E-state index in [4.69, 9.17) is 12.2 Å². The standard InChI is InChI=1S/C15H17N3/c1-5-8-18-12(4)17-14(15(18)16)13-7-6-10(2)9-11(13)3/h1,6-7,9H,8,16H2,2-4H3. The molecule has 1 aromatic carbocycles. The average molecular weight is 239 g/mol. The lowest BCUT2D eigenvalue weighted by atomic mass is 10.0. The molecule has 0 atom stereocenters. The number of anilines is 1. The van der Waals surface area contributed by atoms with Crippen molar-refractivity contribution in [1.29, 1.82) is 0 Å². The van der Waals surface area contributed by atoms with Crippen molar-refractivity contribution < 1.29 is 0 Å². The van der Waals surface area contributed by atoms with Gasteiger partial charge in [0.15, 0.2) is 0 Å². The number of hydrogen-bond acceptors (Lipinski definition) is 2. The second kappa shape index (κ2) is 4.58. The molecule has 0 aliphatic rings. The third kappa shape index (κ3) is 1.98. The van der Waals surface area contributed by atoms with Crippen molar-refractivity contribution in [3.8, 4) is 23.6 Å². The van der Waals surface area contributed by atoms with Crippen LogP contribution in [0.3, 0.4) is 0 Å². The molecular formula is C15H17N3. The third-order valence-corrected chi connectivity index (χ3v) is 3.08. The second-order valence-electron chi connectivity index (χ2n) is 4.50. The van der Waals surface area contributed by atoms with Gasteiger partial charge >= 0.3 is 0 Å². The molecule has 3 nitrogen and oxygen atoms in total. The summed E-state index contributed by atoms with van der Waals surface area (Å²) in [7, 11) is 0. The molecule has 0 bridgehead atoms. The Kier molecular flexibility index (Phi) is 3.12. The van der Waals surface area contributed by atoms with Crippen LogP contribution in [0, 0.1) is 33.1 Å². The highest BCUT2D eigenvalue weighted by molar-refractivity contribution is 5.74. The van der Waals surface area contributed by atoms with Gasteiger partial charge in [0.25, 0.3) is 0 Å². The number of rotatable bonds is 2. The lowest BCUT2D eigenvalue weighted by Crippen LogP contribution is -2.03. The first-order chi connectivity index (χ1) is 8.54. The predicted molar refractivity (Wildman–Crippen MR) is 75.1 cm³/mol. The quantitative estimate of drug-likeness (QED) is 0.819. The zero-order valence-corrected chi connectivity index (χ0v) is 11.0. The van der Waals surface area contributed by atoms with Crippen molar-refractivity contribution >= 4 is 5.82 Å². The van der Waals surface area contributed by atoms with Gasteiger partial charge in [-0.25, -0.2) is 4.98 Å². The van der Waals surface area contributed by atoms with E-state index in [9.17, 15) is 0 Å². The predicted octanol–water partition coefficient (Wildman–Crippen LogP) is 2.69. The normalized spacial score (nSPS) is 10.3. The van der Waals surface area contributed by atoms with Gasteiger partial charge in [-0.2, -0.15) is 0 Å². The Labute approximate surface area is 108 Å². The van der Waals surface area contributed by atoms with E-state index >= 15 is 0 Å². The molecule has 0 unspecified atom stereocenters. The first-order valence-corrected chi connectivity index (χ1v) is 5.88. The summed E-state index contributed by atoms with van der Waals surface area (Å²) in [6.07, 6.45) is 5.34. The fraction of sp³-hybridized carbons (Fsp3) is 0.267. The lowest BCUT2D eigenvalue weighted by molar-refractivity contribution is 0.807. The Morgan fingerprint density at radius 1 is 1.33 bits per heavy atom. The Hall–Kier alpha value is -2.21. The largest absolute Gasteiger partial charge is 0.383 e. The maximum atomic E-state index is 6.13. The summed E-state index contributed by atoms with van der Waals surface area (Å²) in [5, 5.41) is 0. The Morgan fingerprint density at radius 3 is 2.67 bits per heavy atom. The van der Waals surface area contributed by atoms with Gasteiger partial charge in [-0.3, -0.25) is 0 Å². The van der Waals surface area contributed by atoms with E-state index in [0.717, 1.165) is 17.1 Å². The summed E-state index contributed by atoms with van der Waals surface area (Å²) in [4.78, 5) is 4.53. The van der Waals surface area contributed by atoms with E-state index < -0.39 is 0 Å². The molecule has 1 heterocycles. The van der Waals surface area contributed by atoms with E-state index in [0.29, 0.717) is 12.4 Å². The molecule has 0 aliphatic carbocycles. The van der Waals surface area contributed by atoms with Gasteiger partial charge < -0.3 is 10.3 Å². The Morgan fingerprint density at radius 2 is 2.06 bits per heavy atom. The number of benzene rings is 1. The molecule has 2 rings (SSSR count). The van der Waals surface area contributed by atoms with Gasteiger partial charge in [0.05, 0.1) is 6.54 Å². The van der Waals surface area contributed by atoms with Gasteiger partial charge in [-0.1, -0.05) is 29.7 Å². The van der Waals surface area contributed by atoms with Gasteiger partial charge in [-0.05, 0) is 26.3 Å². The monoisotopic (exact) mass is 239 g/mol. The van der Waals surface area contributed by atoms with E-state index in [1.165, 1.54) is 11.1 Å². The number of nitrogens with zero attached hydrogens (tertiary/aromatic N) is 2. The van der Waals surface area contributed by atoms with Crippen LogP contribution in [0.4, 0.5) is 5.82 Å². The van der Waals surface area contributed by atoms with Crippen molar-refractivity contribution in [2.24, 2.45) is 0 Å². The number of hydrogen-bond donors (Lipinski definition) is 1. The SMILES string of the molecule is C#CCn1c(C)nc(-c2ccc(C)cc2C)c1N. The molecule has 0 saturated carbocycles. The average Bonchev–Trinajstić information content (AvgIpc) is 2.58. The van der Waals surface area contributed by atoms with Gasteiger partial charge in [0.2, 0.25) is 0 Å². The maximum Gasteiger partial charge on any atom is 0.132 e. The van der Waals surface area contributed by atoms with Crippen LogP contribution >= 0.6 is 0 Å². The van der Waals surface area contributed by atoms with Crippen molar-refractivity contribution in [2.75, 3.05) is 5.73 Å². The van der Waals surface area contributed by atoms with Crippen molar-refractivity contribution in [3.05, 3.63) is 35.2 Å². The van der Waals surface area contributed by atoms with Gasteiger partial charge in [0.1, 0.15) is 17.3 Å². The smallest absolute Gasteiger partial charge is 0.132 e. The molecule has 0 radical (unpaired) electrons. The van der Waals surface area contributed by atoms with Crippen LogP contribution in [0.5, 0.6) is 0 Å². The minimum atomic E-state index is 0.454. The first-order valence-electron chi connectivity index (χ1n) is 5.88. The van der Waals surface area contributed by atoms with Crippen LogP contribution in [0.1, 0.15) is 17.0 Å². The summed E-state index contributed by atoms with van der Waals surface area (Å²) in [6, 6.07) is 6.25. The lowest BCUT2D eigenvalue weighted by Gasteiger charge is -2.06. The molecule has 0 amide bonds. The molecule has 0 fully saturated rings. The number of aryl methyl sites for hydroxylation is 3. The van der Waals surface area contributed by atoms with Crippen LogP contribution in [-0.4, -0.2) is 9.55 Å². The summed E-state index contributed by atoms with van der Waals surface area (Å²) < 4.78 is 1.86. The molecule has 2 N–H and O–H groups in total. The van der Waals surface area contributed by atoms with Crippen LogP contribution < -0.4 is 5.73 Å². The van der Waals surface area contributed by atoms with Crippen molar-refractivity contribution in [3.63, 3.8) is 0 Å².